The molecule has 1 aromatic rings. The Hall–Kier alpha value is -2.11. The molecule has 0 saturated carbocycles. The number of carbonyl (C=O) groups is 2. The van der Waals surface area contributed by atoms with E-state index in [0.29, 0.717) is 24.8 Å². The summed E-state index contributed by atoms with van der Waals surface area (Å²) in [7, 11) is 0. The van der Waals surface area contributed by atoms with Gasteiger partial charge in [0.15, 0.2) is 0 Å². The molecule has 0 N–H and O–H groups in total. The number of aryl methyl sites for hydroxylation is 1. The standard InChI is InChI=1S/C21H31N3O3/c1-15(2)21(26)23-8-5-17(6-9-23)12-24-13-18(11-20(24)25)14-27-19-10-16(3)4-7-22-19/h4,7,10,15,17-18H,5-6,8-9,11-14H2,1-3H3. The number of aromatic nitrogens is 1. The Morgan fingerprint density at radius 3 is 2.70 bits per heavy atom. The minimum absolute atomic E-state index is 0.0605. The molecule has 0 aromatic carbocycles. The van der Waals surface area contributed by atoms with E-state index < -0.39 is 0 Å². The average Bonchev–Trinajstić information content (AvgIpc) is 2.99. The van der Waals surface area contributed by atoms with Gasteiger partial charge in [0, 0.05) is 56.7 Å². The summed E-state index contributed by atoms with van der Waals surface area (Å²) < 4.78 is 5.79. The Morgan fingerprint density at radius 1 is 1.30 bits per heavy atom. The first-order chi connectivity index (χ1) is 12.9. The number of amides is 2. The molecule has 2 amide bonds. The van der Waals surface area contributed by atoms with Crippen LogP contribution in [0.3, 0.4) is 0 Å². The van der Waals surface area contributed by atoms with Gasteiger partial charge in [-0.15, -0.1) is 0 Å². The van der Waals surface area contributed by atoms with E-state index in [2.05, 4.69) is 4.98 Å². The summed E-state index contributed by atoms with van der Waals surface area (Å²) in [5.41, 5.74) is 1.12. The summed E-state index contributed by atoms with van der Waals surface area (Å²) in [6.45, 7) is 9.63. The zero-order valence-electron chi connectivity index (χ0n) is 16.7. The van der Waals surface area contributed by atoms with Gasteiger partial charge in [-0.05, 0) is 37.3 Å². The van der Waals surface area contributed by atoms with Crippen LogP contribution in [0.15, 0.2) is 18.3 Å². The number of nitrogens with zero attached hydrogens (tertiary/aromatic N) is 3. The third-order valence-electron chi connectivity index (χ3n) is 5.55. The highest BCUT2D eigenvalue weighted by Crippen LogP contribution is 2.25. The van der Waals surface area contributed by atoms with Crippen LogP contribution in [-0.4, -0.2) is 59.4 Å². The van der Waals surface area contributed by atoms with Crippen molar-refractivity contribution in [2.45, 2.75) is 40.0 Å². The van der Waals surface area contributed by atoms with E-state index in [-0.39, 0.29) is 23.7 Å². The van der Waals surface area contributed by atoms with Crippen molar-refractivity contribution >= 4 is 11.8 Å². The molecule has 0 spiro atoms. The van der Waals surface area contributed by atoms with Crippen LogP contribution in [0.2, 0.25) is 0 Å². The summed E-state index contributed by atoms with van der Waals surface area (Å²) in [5, 5.41) is 0. The second kappa shape index (κ2) is 8.72. The zero-order chi connectivity index (χ0) is 19.4. The molecule has 2 aliphatic heterocycles. The van der Waals surface area contributed by atoms with Gasteiger partial charge in [0.2, 0.25) is 17.7 Å². The molecule has 0 aliphatic carbocycles. The smallest absolute Gasteiger partial charge is 0.225 e. The van der Waals surface area contributed by atoms with Gasteiger partial charge in [0.25, 0.3) is 0 Å². The molecule has 2 saturated heterocycles. The maximum atomic E-state index is 12.4. The molecule has 27 heavy (non-hydrogen) atoms. The van der Waals surface area contributed by atoms with E-state index in [1.165, 1.54) is 0 Å². The van der Waals surface area contributed by atoms with E-state index in [1.54, 1.807) is 6.20 Å². The lowest BCUT2D eigenvalue weighted by Crippen LogP contribution is -2.43. The van der Waals surface area contributed by atoms with Crippen LogP contribution < -0.4 is 4.74 Å². The molecule has 1 atom stereocenters. The van der Waals surface area contributed by atoms with Crippen molar-refractivity contribution in [1.29, 1.82) is 0 Å². The fourth-order valence-corrected chi connectivity index (χ4v) is 3.95. The lowest BCUT2D eigenvalue weighted by molar-refractivity contribution is -0.136. The van der Waals surface area contributed by atoms with Crippen molar-refractivity contribution in [1.82, 2.24) is 14.8 Å². The van der Waals surface area contributed by atoms with Crippen LogP contribution in [0.5, 0.6) is 5.88 Å². The maximum absolute atomic E-state index is 12.4. The van der Waals surface area contributed by atoms with Gasteiger partial charge in [0.05, 0.1) is 6.61 Å². The first-order valence-corrected chi connectivity index (χ1v) is 10.0. The molecule has 1 aromatic heterocycles. The third-order valence-corrected chi connectivity index (χ3v) is 5.55. The van der Waals surface area contributed by atoms with E-state index in [9.17, 15) is 9.59 Å². The zero-order valence-corrected chi connectivity index (χ0v) is 16.7. The van der Waals surface area contributed by atoms with Gasteiger partial charge < -0.3 is 14.5 Å². The SMILES string of the molecule is Cc1ccnc(OCC2CC(=O)N(CC3CCN(C(=O)C(C)C)CC3)C2)c1. The van der Waals surface area contributed by atoms with Gasteiger partial charge in [-0.25, -0.2) is 4.98 Å². The number of carbonyl (C=O) groups excluding carboxylic acids is 2. The highest BCUT2D eigenvalue weighted by molar-refractivity contribution is 5.79. The second-order valence-corrected chi connectivity index (χ2v) is 8.27. The van der Waals surface area contributed by atoms with Crippen LogP contribution in [-0.2, 0) is 9.59 Å². The predicted molar refractivity (Wildman–Crippen MR) is 103 cm³/mol. The van der Waals surface area contributed by atoms with Crippen molar-refractivity contribution in [2.75, 3.05) is 32.8 Å². The number of hydrogen-bond donors (Lipinski definition) is 0. The van der Waals surface area contributed by atoms with Crippen LogP contribution in [0.4, 0.5) is 0 Å². The topological polar surface area (TPSA) is 62.7 Å². The molecule has 3 rings (SSSR count). The van der Waals surface area contributed by atoms with Gasteiger partial charge in [-0.2, -0.15) is 0 Å². The van der Waals surface area contributed by atoms with Crippen molar-refractivity contribution in [2.24, 2.45) is 17.8 Å². The Morgan fingerprint density at radius 2 is 2.04 bits per heavy atom. The largest absolute Gasteiger partial charge is 0.477 e. The van der Waals surface area contributed by atoms with E-state index in [0.717, 1.165) is 44.6 Å². The number of pyridine rings is 1. The maximum Gasteiger partial charge on any atom is 0.225 e. The first kappa shape index (κ1) is 19.6. The van der Waals surface area contributed by atoms with Crippen molar-refractivity contribution < 1.29 is 14.3 Å². The number of likely N-dealkylation sites (tertiary alicyclic amines) is 2. The fraction of sp³-hybridized carbons (Fsp3) is 0.667. The molecule has 2 aliphatic rings. The molecular weight excluding hydrogens is 342 g/mol. The quantitative estimate of drug-likeness (QED) is 0.769. The number of piperidine rings is 1. The predicted octanol–water partition coefficient (Wildman–Crippen LogP) is 2.51. The molecule has 0 bridgehead atoms. The monoisotopic (exact) mass is 373 g/mol. The summed E-state index contributed by atoms with van der Waals surface area (Å²) in [5.74, 6) is 1.87. The van der Waals surface area contributed by atoms with E-state index >= 15 is 0 Å². The second-order valence-electron chi connectivity index (χ2n) is 8.27. The Labute approximate surface area is 161 Å². The van der Waals surface area contributed by atoms with E-state index in [1.807, 2.05) is 42.7 Å². The molecule has 1 unspecified atom stereocenters. The molecule has 6 nitrogen and oxygen atoms in total. The molecule has 3 heterocycles. The molecule has 6 heteroatoms. The molecular formula is C21H31N3O3. The summed E-state index contributed by atoms with van der Waals surface area (Å²) in [6.07, 6.45) is 4.26. The highest BCUT2D eigenvalue weighted by atomic mass is 16.5. The minimum Gasteiger partial charge on any atom is -0.477 e. The van der Waals surface area contributed by atoms with Gasteiger partial charge in [-0.1, -0.05) is 13.8 Å². The fourth-order valence-electron chi connectivity index (χ4n) is 3.95. The lowest BCUT2D eigenvalue weighted by atomic mass is 9.95. The summed E-state index contributed by atoms with van der Waals surface area (Å²) in [4.78, 5) is 32.6. The molecule has 0 radical (unpaired) electrons. The van der Waals surface area contributed by atoms with Crippen molar-refractivity contribution in [3.8, 4) is 5.88 Å². The van der Waals surface area contributed by atoms with Gasteiger partial charge >= 0.3 is 0 Å². The third kappa shape index (κ3) is 5.21. The Kier molecular flexibility index (Phi) is 6.34. The highest BCUT2D eigenvalue weighted by Gasteiger charge is 2.33. The number of ether oxygens (including phenoxy) is 1. The Balaban J connectivity index is 1.43. The van der Waals surface area contributed by atoms with Gasteiger partial charge in [-0.3, -0.25) is 9.59 Å². The number of hydrogen-bond acceptors (Lipinski definition) is 4. The normalized spacial score (nSPS) is 21.2. The first-order valence-electron chi connectivity index (χ1n) is 10.0. The van der Waals surface area contributed by atoms with Crippen LogP contribution >= 0.6 is 0 Å². The molecule has 148 valence electrons. The van der Waals surface area contributed by atoms with Crippen molar-refractivity contribution in [3.05, 3.63) is 23.9 Å². The summed E-state index contributed by atoms with van der Waals surface area (Å²) >= 11 is 0. The average molecular weight is 373 g/mol. The van der Waals surface area contributed by atoms with E-state index in [4.69, 9.17) is 4.74 Å². The molecule has 2 fully saturated rings. The minimum atomic E-state index is 0.0605. The van der Waals surface area contributed by atoms with Crippen LogP contribution in [0.25, 0.3) is 0 Å². The van der Waals surface area contributed by atoms with Crippen LogP contribution in [0, 0.1) is 24.7 Å². The lowest BCUT2D eigenvalue weighted by Gasteiger charge is -2.34. The van der Waals surface area contributed by atoms with Gasteiger partial charge in [0.1, 0.15) is 0 Å². The van der Waals surface area contributed by atoms with Crippen molar-refractivity contribution in [3.63, 3.8) is 0 Å². The van der Waals surface area contributed by atoms with Crippen LogP contribution in [0.1, 0.15) is 38.7 Å². The number of rotatable bonds is 6. The Bertz CT molecular complexity index is 668. The summed E-state index contributed by atoms with van der Waals surface area (Å²) in [6, 6.07) is 3.86.